The molecule has 1 N–H and O–H groups in total. The van der Waals surface area contributed by atoms with E-state index in [1.54, 1.807) is 13.8 Å². The van der Waals surface area contributed by atoms with Crippen LogP contribution in [-0.2, 0) is 25.5 Å². The molecule has 0 spiro atoms. The summed E-state index contributed by atoms with van der Waals surface area (Å²) in [7, 11) is 0. The molecule has 0 radical (unpaired) electrons. The average molecular weight is 295 g/mol. The van der Waals surface area contributed by atoms with Crippen LogP contribution in [-0.4, -0.2) is 36.7 Å². The number of aryl methyl sites for hydroxylation is 1. The summed E-state index contributed by atoms with van der Waals surface area (Å²) in [5, 5.41) is 11.6. The van der Waals surface area contributed by atoms with Gasteiger partial charge in [-0.15, -0.1) is 0 Å². The molecule has 0 fully saturated rings. The van der Waals surface area contributed by atoms with E-state index in [4.69, 9.17) is 19.2 Å². The van der Waals surface area contributed by atoms with Gasteiger partial charge in [0.1, 0.15) is 12.6 Å². The monoisotopic (exact) mass is 295 g/mol. The van der Waals surface area contributed by atoms with Crippen LogP contribution >= 0.6 is 0 Å². The van der Waals surface area contributed by atoms with Crippen molar-refractivity contribution in [2.24, 2.45) is 0 Å². The van der Waals surface area contributed by atoms with Crippen LogP contribution in [0.3, 0.4) is 0 Å². The first-order valence-corrected chi connectivity index (χ1v) is 6.55. The van der Waals surface area contributed by atoms with Gasteiger partial charge in [-0.25, -0.2) is 4.98 Å². The minimum Gasteiger partial charge on any atom is -0.466 e. The lowest BCUT2D eigenvalue weighted by molar-refractivity contribution is -0.143. The third kappa shape index (κ3) is 5.52. The molecule has 114 valence electrons. The number of hydrogen-bond donors (Lipinski definition) is 1. The van der Waals surface area contributed by atoms with Crippen molar-refractivity contribution in [2.75, 3.05) is 25.1 Å². The first kappa shape index (κ1) is 16.5. The van der Waals surface area contributed by atoms with E-state index < -0.39 is 5.97 Å². The number of nitrogens with one attached hydrogen (secondary N) is 1. The minimum absolute atomic E-state index is 0.0261. The third-order valence-corrected chi connectivity index (χ3v) is 2.32. The molecular formula is C13H17N3O5. The number of rotatable bonds is 8. The van der Waals surface area contributed by atoms with Gasteiger partial charge in [0, 0.05) is 6.42 Å². The van der Waals surface area contributed by atoms with Gasteiger partial charge in [-0.2, -0.15) is 5.26 Å². The van der Waals surface area contributed by atoms with Crippen LogP contribution in [0.5, 0.6) is 0 Å². The van der Waals surface area contributed by atoms with Gasteiger partial charge in [0.15, 0.2) is 5.89 Å². The summed E-state index contributed by atoms with van der Waals surface area (Å²) >= 11 is 0. The van der Waals surface area contributed by atoms with Gasteiger partial charge in [-0.1, -0.05) is 0 Å². The van der Waals surface area contributed by atoms with Crippen LogP contribution in [0.1, 0.15) is 31.9 Å². The van der Waals surface area contributed by atoms with Crippen molar-refractivity contribution in [1.29, 1.82) is 5.26 Å². The zero-order valence-electron chi connectivity index (χ0n) is 12.0. The number of esters is 2. The molecule has 1 aromatic rings. The molecule has 0 saturated carbocycles. The van der Waals surface area contributed by atoms with Crippen LogP contribution in [0.15, 0.2) is 4.42 Å². The number of ether oxygens (including phenoxy) is 2. The number of nitriles is 1. The predicted octanol–water partition coefficient (Wildman–Crippen LogP) is 1.02. The summed E-state index contributed by atoms with van der Waals surface area (Å²) in [6, 6.07) is 1.85. The molecule has 0 aliphatic heterocycles. The highest BCUT2D eigenvalue weighted by Crippen LogP contribution is 2.17. The maximum atomic E-state index is 11.2. The normalized spacial score (nSPS) is 9.76. The second-order valence-electron chi connectivity index (χ2n) is 3.86. The van der Waals surface area contributed by atoms with E-state index in [1.165, 1.54) is 0 Å². The lowest BCUT2D eigenvalue weighted by Crippen LogP contribution is -2.16. The van der Waals surface area contributed by atoms with E-state index in [2.05, 4.69) is 10.3 Å². The molecule has 0 aliphatic carbocycles. The number of carbonyl (C=O) groups excluding carboxylic acids is 2. The Hall–Kier alpha value is -2.56. The molecule has 21 heavy (non-hydrogen) atoms. The molecule has 0 aliphatic rings. The number of nitrogens with zero attached hydrogens (tertiary/aromatic N) is 2. The van der Waals surface area contributed by atoms with Gasteiger partial charge in [0.05, 0.1) is 19.6 Å². The summed E-state index contributed by atoms with van der Waals surface area (Å²) in [4.78, 5) is 26.4. The summed E-state index contributed by atoms with van der Waals surface area (Å²) in [6.07, 6.45) is 0.325. The van der Waals surface area contributed by atoms with Crippen molar-refractivity contribution in [3.63, 3.8) is 0 Å². The topological polar surface area (TPSA) is 114 Å². The van der Waals surface area contributed by atoms with Crippen LogP contribution < -0.4 is 5.32 Å². The summed E-state index contributed by atoms with van der Waals surface area (Å²) < 4.78 is 14.8. The van der Waals surface area contributed by atoms with Gasteiger partial charge < -0.3 is 19.2 Å². The van der Waals surface area contributed by atoms with Gasteiger partial charge in [0.2, 0.25) is 11.6 Å². The van der Waals surface area contributed by atoms with Gasteiger partial charge >= 0.3 is 11.9 Å². The zero-order valence-corrected chi connectivity index (χ0v) is 12.0. The summed E-state index contributed by atoms with van der Waals surface area (Å²) in [5.74, 6) is -0.517. The van der Waals surface area contributed by atoms with Crippen molar-refractivity contribution in [3.8, 4) is 6.07 Å². The largest absolute Gasteiger partial charge is 0.466 e. The highest BCUT2D eigenvalue weighted by Gasteiger charge is 2.15. The van der Waals surface area contributed by atoms with Crippen LogP contribution in [0.2, 0.25) is 0 Å². The molecular weight excluding hydrogens is 278 g/mol. The highest BCUT2D eigenvalue weighted by molar-refractivity contribution is 5.74. The van der Waals surface area contributed by atoms with Gasteiger partial charge in [0.25, 0.3) is 0 Å². The highest BCUT2D eigenvalue weighted by atomic mass is 16.5. The molecule has 0 amide bonds. The molecule has 1 rings (SSSR count). The fourth-order valence-electron chi connectivity index (χ4n) is 1.47. The molecule has 1 aromatic heterocycles. The van der Waals surface area contributed by atoms with E-state index in [-0.39, 0.29) is 49.4 Å². The lowest BCUT2D eigenvalue weighted by atomic mass is 10.3. The van der Waals surface area contributed by atoms with Crippen molar-refractivity contribution >= 4 is 17.8 Å². The molecule has 1 heterocycles. The minimum atomic E-state index is -0.467. The molecule has 8 heteroatoms. The lowest BCUT2D eigenvalue weighted by Gasteiger charge is -2.02. The number of hydrogen-bond acceptors (Lipinski definition) is 8. The molecule has 8 nitrogen and oxygen atoms in total. The SMILES string of the molecule is CCOC(=O)CCc1nc(C#N)c(NCC(=O)OCC)o1. The quantitative estimate of drug-likeness (QED) is 0.707. The standard InChI is InChI=1S/C13H17N3O5/c1-3-19-11(17)6-5-10-16-9(7-14)13(21-10)15-8-12(18)20-4-2/h15H,3-6,8H2,1-2H3. The van der Waals surface area contributed by atoms with Crippen LogP contribution in [0.25, 0.3) is 0 Å². The number of anilines is 1. The van der Waals surface area contributed by atoms with E-state index in [0.29, 0.717) is 6.61 Å². The molecule has 0 atom stereocenters. The van der Waals surface area contributed by atoms with E-state index >= 15 is 0 Å². The molecule has 0 unspecified atom stereocenters. The summed E-state index contributed by atoms with van der Waals surface area (Å²) in [6.45, 7) is 3.86. The van der Waals surface area contributed by atoms with Crippen LogP contribution in [0, 0.1) is 11.3 Å². The zero-order chi connectivity index (χ0) is 15.7. The third-order valence-electron chi connectivity index (χ3n) is 2.32. The van der Waals surface area contributed by atoms with Crippen molar-refractivity contribution in [2.45, 2.75) is 26.7 Å². The van der Waals surface area contributed by atoms with E-state index in [9.17, 15) is 9.59 Å². The number of aromatic nitrogens is 1. The maximum Gasteiger partial charge on any atom is 0.325 e. The number of carbonyl (C=O) groups is 2. The first-order valence-electron chi connectivity index (χ1n) is 6.55. The Morgan fingerprint density at radius 2 is 1.95 bits per heavy atom. The Morgan fingerprint density at radius 1 is 1.29 bits per heavy atom. The van der Waals surface area contributed by atoms with Crippen molar-refractivity contribution < 1.29 is 23.5 Å². The van der Waals surface area contributed by atoms with Crippen LogP contribution in [0.4, 0.5) is 5.88 Å². The smallest absolute Gasteiger partial charge is 0.325 e. The Kier molecular flexibility index (Phi) is 6.74. The Labute approximate surface area is 122 Å². The first-order chi connectivity index (χ1) is 10.1. The molecule has 0 saturated heterocycles. The van der Waals surface area contributed by atoms with Crippen molar-refractivity contribution in [3.05, 3.63) is 11.6 Å². The summed E-state index contributed by atoms with van der Waals surface area (Å²) in [5.41, 5.74) is 0.0261. The maximum absolute atomic E-state index is 11.2. The van der Waals surface area contributed by atoms with Gasteiger partial charge in [-0.3, -0.25) is 9.59 Å². The fourth-order valence-corrected chi connectivity index (χ4v) is 1.47. The van der Waals surface area contributed by atoms with E-state index in [1.807, 2.05) is 6.07 Å². The Balaban J connectivity index is 2.59. The van der Waals surface area contributed by atoms with Crippen molar-refractivity contribution in [1.82, 2.24) is 4.98 Å². The molecule has 0 bridgehead atoms. The molecule has 0 aromatic carbocycles. The Morgan fingerprint density at radius 3 is 2.57 bits per heavy atom. The Bertz CT molecular complexity index is 532. The predicted molar refractivity (Wildman–Crippen MR) is 71.3 cm³/mol. The van der Waals surface area contributed by atoms with E-state index in [0.717, 1.165) is 0 Å². The van der Waals surface area contributed by atoms with Gasteiger partial charge in [-0.05, 0) is 13.8 Å². The second-order valence-corrected chi connectivity index (χ2v) is 3.86. The second kappa shape index (κ2) is 8.58. The number of oxazole rings is 1. The average Bonchev–Trinajstić information content (AvgIpc) is 2.86. The fraction of sp³-hybridized carbons (Fsp3) is 0.538.